The topological polar surface area (TPSA) is 45.7 Å². The van der Waals surface area contributed by atoms with Crippen LogP contribution >= 0.6 is 24.0 Å². The molecule has 1 aliphatic carbocycles. The van der Waals surface area contributed by atoms with E-state index < -0.39 is 0 Å². The smallest absolute Gasteiger partial charge is 0.191 e. The number of nitrogens with one attached hydrogen (secondary N) is 2. The van der Waals surface area contributed by atoms with Gasteiger partial charge in [-0.1, -0.05) is 19.4 Å². The Balaban J connectivity index is 0.00000264. The number of benzene rings is 1. The predicted octanol–water partition coefficient (Wildman–Crippen LogP) is 3.87. The van der Waals surface area contributed by atoms with Gasteiger partial charge in [-0.3, -0.25) is 4.99 Å². The third-order valence-corrected chi connectivity index (χ3v) is 4.82. The number of rotatable bonds is 6. The molecule has 0 aliphatic heterocycles. The summed E-state index contributed by atoms with van der Waals surface area (Å²) in [5.41, 5.74) is 2.90. The number of halogens is 1. The molecule has 1 aromatic carbocycles. The number of hydrogen-bond acceptors (Lipinski definition) is 2. The van der Waals surface area contributed by atoms with Gasteiger partial charge < -0.3 is 15.4 Å². The average Bonchev–Trinajstić information content (AvgIpc) is 2.48. The Morgan fingerprint density at radius 3 is 2.52 bits per heavy atom. The minimum Gasteiger partial charge on any atom is -0.497 e. The van der Waals surface area contributed by atoms with Crippen molar-refractivity contribution >= 4 is 29.9 Å². The van der Waals surface area contributed by atoms with Crippen LogP contribution in [0.1, 0.15) is 43.7 Å². The molecule has 1 aromatic rings. The first-order valence-corrected chi connectivity index (χ1v) is 8.20. The number of ether oxygens (including phenoxy) is 1. The maximum atomic E-state index is 5.32. The number of methoxy groups -OCH3 is 1. The number of aryl methyl sites for hydroxylation is 1. The van der Waals surface area contributed by atoms with E-state index in [1.54, 1.807) is 7.11 Å². The molecule has 0 saturated heterocycles. The molecule has 1 saturated carbocycles. The van der Waals surface area contributed by atoms with E-state index in [-0.39, 0.29) is 24.0 Å². The van der Waals surface area contributed by atoms with E-state index >= 15 is 0 Å². The maximum Gasteiger partial charge on any atom is 0.191 e. The summed E-state index contributed by atoms with van der Waals surface area (Å²) in [7, 11) is 3.53. The Hall–Kier alpha value is -0.980. The summed E-state index contributed by atoms with van der Waals surface area (Å²) >= 11 is 0. The third kappa shape index (κ3) is 5.55. The summed E-state index contributed by atoms with van der Waals surface area (Å²) in [6.07, 6.45) is 5.28. The van der Waals surface area contributed by atoms with Crippen LogP contribution < -0.4 is 15.4 Å². The summed E-state index contributed by atoms with van der Waals surface area (Å²) in [6, 6.07) is 6.27. The standard InChI is InChI=1S/C18H29N3O.HI/c1-5-18(7-6-8-18)13-21-17(19-3)20-12-15-9-14(2)10-16(11-15)22-4;/h9-11H,5-8,12-13H2,1-4H3,(H2,19,20,21);1H. The van der Waals surface area contributed by atoms with Crippen molar-refractivity contribution in [2.75, 3.05) is 20.7 Å². The molecule has 0 aromatic heterocycles. The second-order valence-electron chi connectivity index (χ2n) is 6.34. The lowest BCUT2D eigenvalue weighted by molar-refractivity contribution is 0.131. The van der Waals surface area contributed by atoms with E-state index in [0.717, 1.165) is 24.8 Å². The predicted molar refractivity (Wildman–Crippen MR) is 108 cm³/mol. The third-order valence-electron chi connectivity index (χ3n) is 4.82. The Bertz CT molecular complexity index is 521. The second kappa shape index (κ2) is 9.35. The molecule has 5 heteroatoms. The van der Waals surface area contributed by atoms with Crippen LogP contribution in [0.3, 0.4) is 0 Å². The molecule has 0 spiro atoms. The fourth-order valence-corrected chi connectivity index (χ4v) is 3.05. The minimum absolute atomic E-state index is 0. The first kappa shape index (κ1) is 20.1. The monoisotopic (exact) mass is 431 g/mol. The fraction of sp³-hybridized carbons (Fsp3) is 0.611. The summed E-state index contributed by atoms with van der Waals surface area (Å²) < 4.78 is 5.32. The molecule has 130 valence electrons. The Morgan fingerprint density at radius 1 is 1.26 bits per heavy atom. The molecule has 0 bridgehead atoms. The van der Waals surface area contributed by atoms with E-state index in [0.29, 0.717) is 5.41 Å². The lowest BCUT2D eigenvalue weighted by Crippen LogP contribution is -2.46. The zero-order valence-corrected chi connectivity index (χ0v) is 17.1. The van der Waals surface area contributed by atoms with Crippen LogP contribution in [0.4, 0.5) is 0 Å². The molecule has 1 fully saturated rings. The highest BCUT2D eigenvalue weighted by molar-refractivity contribution is 14.0. The van der Waals surface area contributed by atoms with Gasteiger partial charge in [0.15, 0.2) is 5.96 Å². The molecular weight excluding hydrogens is 401 g/mol. The van der Waals surface area contributed by atoms with Crippen LogP contribution in [0.2, 0.25) is 0 Å². The molecule has 0 heterocycles. The highest BCUT2D eigenvalue weighted by Crippen LogP contribution is 2.42. The molecule has 4 nitrogen and oxygen atoms in total. The van der Waals surface area contributed by atoms with Crippen LogP contribution in [0.5, 0.6) is 5.75 Å². The number of aliphatic imine (C=N–C) groups is 1. The zero-order valence-electron chi connectivity index (χ0n) is 14.7. The van der Waals surface area contributed by atoms with E-state index in [2.05, 4.69) is 41.6 Å². The van der Waals surface area contributed by atoms with Crippen molar-refractivity contribution in [3.8, 4) is 5.75 Å². The van der Waals surface area contributed by atoms with Gasteiger partial charge in [-0.05, 0) is 54.9 Å². The zero-order chi connectivity index (χ0) is 16.0. The quantitative estimate of drug-likeness (QED) is 0.409. The van der Waals surface area contributed by atoms with Gasteiger partial charge in [0.25, 0.3) is 0 Å². The van der Waals surface area contributed by atoms with Crippen molar-refractivity contribution in [1.82, 2.24) is 10.6 Å². The van der Waals surface area contributed by atoms with Gasteiger partial charge in [-0.2, -0.15) is 0 Å². The van der Waals surface area contributed by atoms with Crippen molar-refractivity contribution in [2.45, 2.75) is 46.1 Å². The Kier molecular flexibility index (Phi) is 8.16. The molecule has 0 radical (unpaired) electrons. The number of nitrogens with zero attached hydrogens (tertiary/aromatic N) is 1. The molecule has 1 aliphatic rings. The SMILES string of the molecule is CCC1(CNC(=NC)NCc2cc(C)cc(OC)c2)CCC1.I. The normalized spacial score (nSPS) is 16.1. The summed E-state index contributed by atoms with van der Waals surface area (Å²) in [6.45, 7) is 6.13. The lowest BCUT2D eigenvalue weighted by Gasteiger charge is -2.41. The maximum absolute atomic E-state index is 5.32. The fourth-order valence-electron chi connectivity index (χ4n) is 3.05. The number of guanidine groups is 1. The van der Waals surface area contributed by atoms with Crippen LogP contribution in [-0.2, 0) is 6.54 Å². The van der Waals surface area contributed by atoms with Crippen LogP contribution in [0, 0.1) is 12.3 Å². The summed E-state index contributed by atoms with van der Waals surface area (Å²) in [5, 5.41) is 6.88. The highest BCUT2D eigenvalue weighted by atomic mass is 127. The molecular formula is C18H30IN3O. The van der Waals surface area contributed by atoms with Gasteiger partial charge >= 0.3 is 0 Å². The van der Waals surface area contributed by atoms with Crippen molar-refractivity contribution in [3.05, 3.63) is 29.3 Å². The molecule has 2 N–H and O–H groups in total. The van der Waals surface area contributed by atoms with Crippen LogP contribution in [0.15, 0.2) is 23.2 Å². The lowest BCUT2D eigenvalue weighted by atomic mass is 9.67. The largest absolute Gasteiger partial charge is 0.497 e. The van der Waals surface area contributed by atoms with Crippen molar-refractivity contribution in [3.63, 3.8) is 0 Å². The van der Waals surface area contributed by atoms with Gasteiger partial charge in [-0.15, -0.1) is 24.0 Å². The molecule has 0 amide bonds. The molecule has 2 rings (SSSR count). The first-order valence-electron chi connectivity index (χ1n) is 8.20. The Labute approximate surface area is 157 Å². The van der Waals surface area contributed by atoms with Gasteiger partial charge in [0.05, 0.1) is 7.11 Å². The van der Waals surface area contributed by atoms with Gasteiger partial charge in [0.2, 0.25) is 0 Å². The van der Waals surface area contributed by atoms with Crippen molar-refractivity contribution in [2.24, 2.45) is 10.4 Å². The summed E-state index contributed by atoms with van der Waals surface area (Å²) in [5.74, 6) is 1.78. The van der Waals surface area contributed by atoms with E-state index in [1.807, 2.05) is 13.1 Å². The van der Waals surface area contributed by atoms with E-state index in [1.165, 1.54) is 36.8 Å². The van der Waals surface area contributed by atoms with Gasteiger partial charge in [0, 0.05) is 20.1 Å². The summed E-state index contributed by atoms with van der Waals surface area (Å²) in [4.78, 5) is 4.33. The highest BCUT2D eigenvalue weighted by Gasteiger charge is 2.34. The van der Waals surface area contributed by atoms with Crippen LogP contribution in [0.25, 0.3) is 0 Å². The Morgan fingerprint density at radius 2 is 2.00 bits per heavy atom. The first-order chi connectivity index (χ1) is 10.6. The van der Waals surface area contributed by atoms with Crippen molar-refractivity contribution < 1.29 is 4.74 Å². The van der Waals surface area contributed by atoms with E-state index in [9.17, 15) is 0 Å². The number of hydrogen-bond donors (Lipinski definition) is 2. The van der Waals surface area contributed by atoms with Crippen LogP contribution in [-0.4, -0.2) is 26.7 Å². The minimum atomic E-state index is 0. The average molecular weight is 431 g/mol. The van der Waals surface area contributed by atoms with E-state index in [4.69, 9.17) is 4.74 Å². The molecule has 0 atom stereocenters. The van der Waals surface area contributed by atoms with Crippen molar-refractivity contribution in [1.29, 1.82) is 0 Å². The molecule has 0 unspecified atom stereocenters. The second-order valence-corrected chi connectivity index (χ2v) is 6.34. The van der Waals surface area contributed by atoms with Gasteiger partial charge in [0.1, 0.15) is 5.75 Å². The molecule has 23 heavy (non-hydrogen) atoms. The van der Waals surface area contributed by atoms with Gasteiger partial charge in [-0.25, -0.2) is 0 Å².